The smallest absolute Gasteiger partial charge is 0.407 e. The average Bonchev–Trinajstić information content (AvgIpc) is 3.34. The van der Waals surface area contributed by atoms with Gasteiger partial charge < -0.3 is 20.1 Å². The van der Waals surface area contributed by atoms with Crippen molar-refractivity contribution in [2.75, 3.05) is 5.32 Å². The number of nitrogens with zero attached hydrogens (tertiary/aromatic N) is 3. The van der Waals surface area contributed by atoms with Gasteiger partial charge in [-0.15, -0.1) is 0 Å². The fraction of sp³-hybridized carbons (Fsp3) is 0.679. The number of hydrogen-bond donors (Lipinski definition) is 2. The zero-order valence-electron chi connectivity index (χ0n) is 22.9. The van der Waals surface area contributed by atoms with Gasteiger partial charge in [-0.3, -0.25) is 0 Å². The first-order chi connectivity index (χ1) is 16.9. The van der Waals surface area contributed by atoms with E-state index < -0.39 is 5.60 Å². The third-order valence-electron chi connectivity index (χ3n) is 6.82. The summed E-state index contributed by atoms with van der Waals surface area (Å²) in [4.78, 5) is 16.7. The number of anilines is 2. The maximum Gasteiger partial charge on any atom is 0.407 e. The molecule has 2 N–H and O–H groups in total. The maximum absolute atomic E-state index is 11.9. The van der Waals surface area contributed by atoms with Gasteiger partial charge in [0.2, 0.25) is 0 Å². The molecule has 2 atom stereocenters. The van der Waals surface area contributed by atoms with Crippen LogP contribution in [0.5, 0.6) is 0 Å². The zero-order chi connectivity index (χ0) is 26.1. The summed E-state index contributed by atoms with van der Waals surface area (Å²) < 4.78 is 13.4. The molecule has 0 radical (unpaired) electrons. The first kappa shape index (κ1) is 26.5. The van der Waals surface area contributed by atoms with Crippen molar-refractivity contribution in [2.45, 2.75) is 116 Å². The van der Waals surface area contributed by atoms with Gasteiger partial charge in [-0.2, -0.15) is 5.10 Å². The molecular formula is C28H43N5O3. The highest BCUT2D eigenvalue weighted by atomic mass is 16.6. The lowest BCUT2D eigenvalue weighted by atomic mass is 9.89. The monoisotopic (exact) mass is 497 g/mol. The Labute approximate surface area is 215 Å². The molecule has 0 bridgehead atoms. The molecule has 4 rings (SSSR count). The quantitative estimate of drug-likeness (QED) is 0.470. The van der Waals surface area contributed by atoms with Crippen molar-refractivity contribution in [1.29, 1.82) is 0 Å². The van der Waals surface area contributed by atoms with Crippen LogP contribution in [0.4, 0.5) is 16.4 Å². The van der Waals surface area contributed by atoms with E-state index in [1.54, 1.807) is 0 Å². The van der Waals surface area contributed by atoms with Crippen LogP contribution in [0.25, 0.3) is 0 Å². The van der Waals surface area contributed by atoms with Crippen LogP contribution in [0.15, 0.2) is 24.3 Å². The van der Waals surface area contributed by atoms with Crippen molar-refractivity contribution >= 4 is 17.7 Å². The highest BCUT2D eigenvalue weighted by Crippen LogP contribution is 2.39. The van der Waals surface area contributed by atoms with Crippen LogP contribution in [0.1, 0.15) is 97.9 Å². The third-order valence-corrected chi connectivity index (χ3v) is 6.82. The number of nitrogens with one attached hydrogen (secondary N) is 2. The second-order valence-corrected chi connectivity index (χ2v) is 12.5. The van der Waals surface area contributed by atoms with Crippen molar-refractivity contribution in [1.82, 2.24) is 20.1 Å². The van der Waals surface area contributed by atoms with Gasteiger partial charge in [0.25, 0.3) is 0 Å². The van der Waals surface area contributed by atoms with E-state index in [-0.39, 0.29) is 23.8 Å². The normalized spacial score (nSPS) is 24.3. The predicted molar refractivity (Wildman–Crippen MR) is 141 cm³/mol. The Hall–Kier alpha value is -2.61. The van der Waals surface area contributed by atoms with Crippen molar-refractivity contribution in [3.05, 3.63) is 35.7 Å². The summed E-state index contributed by atoms with van der Waals surface area (Å²) in [5.74, 6) is 3.06. The van der Waals surface area contributed by atoms with Crippen LogP contribution in [-0.2, 0) is 21.6 Å². The van der Waals surface area contributed by atoms with Gasteiger partial charge in [0.15, 0.2) is 0 Å². The highest BCUT2D eigenvalue weighted by Gasteiger charge is 2.32. The Bertz CT molecular complexity index is 1050. The van der Waals surface area contributed by atoms with E-state index in [1.165, 1.54) is 25.0 Å². The molecule has 8 heteroatoms. The molecule has 2 aliphatic carbocycles. The molecular weight excluding hydrogens is 454 g/mol. The summed E-state index contributed by atoms with van der Waals surface area (Å²) in [6, 6.07) is 8.25. The number of carbonyl (C=O) groups excluding carboxylic acids is 1. The van der Waals surface area contributed by atoms with Crippen LogP contribution in [0, 0.1) is 5.92 Å². The van der Waals surface area contributed by atoms with Crippen molar-refractivity contribution in [3.63, 3.8) is 0 Å². The molecule has 0 aliphatic heterocycles. The predicted octanol–water partition coefficient (Wildman–Crippen LogP) is 6.25. The Balaban J connectivity index is 1.32. The topological polar surface area (TPSA) is 90.3 Å². The lowest BCUT2D eigenvalue weighted by Crippen LogP contribution is -2.49. The maximum atomic E-state index is 11.9. The van der Waals surface area contributed by atoms with Crippen molar-refractivity contribution in [2.24, 2.45) is 5.92 Å². The van der Waals surface area contributed by atoms with E-state index in [0.29, 0.717) is 12.5 Å². The molecule has 2 saturated carbocycles. The van der Waals surface area contributed by atoms with Crippen LogP contribution >= 0.6 is 0 Å². The summed E-state index contributed by atoms with van der Waals surface area (Å²) in [5.41, 5.74) is 1.42. The summed E-state index contributed by atoms with van der Waals surface area (Å²) >= 11 is 0. The van der Waals surface area contributed by atoms with Crippen LogP contribution in [0.2, 0.25) is 0 Å². The summed E-state index contributed by atoms with van der Waals surface area (Å²) in [6.07, 6.45) is 5.00. The van der Waals surface area contributed by atoms with Crippen LogP contribution < -0.4 is 10.6 Å². The number of rotatable bonds is 7. The van der Waals surface area contributed by atoms with Gasteiger partial charge in [-0.1, -0.05) is 19.4 Å². The molecule has 2 aromatic heterocycles. The zero-order valence-corrected chi connectivity index (χ0v) is 22.9. The fourth-order valence-corrected chi connectivity index (χ4v) is 4.93. The number of alkyl carbamates (subject to hydrolysis) is 1. The molecule has 36 heavy (non-hydrogen) atoms. The summed E-state index contributed by atoms with van der Waals surface area (Å²) in [6.45, 7) is 14.9. The Morgan fingerprint density at radius 3 is 2.50 bits per heavy atom. The van der Waals surface area contributed by atoms with E-state index in [9.17, 15) is 4.79 Å². The van der Waals surface area contributed by atoms with Gasteiger partial charge in [0.05, 0.1) is 29.6 Å². The second kappa shape index (κ2) is 10.4. The second-order valence-electron chi connectivity index (χ2n) is 12.5. The number of aromatic nitrogens is 3. The molecule has 8 nitrogen and oxygen atoms in total. The van der Waals surface area contributed by atoms with Crippen molar-refractivity contribution < 1.29 is 14.3 Å². The van der Waals surface area contributed by atoms with Crippen LogP contribution in [0.3, 0.4) is 0 Å². The third kappa shape index (κ3) is 6.99. The molecule has 0 spiro atoms. The minimum atomic E-state index is -0.490. The number of carbonyl (C=O) groups is 1. The minimum absolute atomic E-state index is 0.0977. The lowest BCUT2D eigenvalue weighted by Gasteiger charge is -2.35. The summed E-state index contributed by atoms with van der Waals surface area (Å²) in [7, 11) is 0. The molecule has 1 amide bonds. The molecule has 0 aromatic carbocycles. The van der Waals surface area contributed by atoms with E-state index >= 15 is 0 Å². The number of hydrogen-bond acceptors (Lipinski definition) is 6. The molecule has 2 heterocycles. The van der Waals surface area contributed by atoms with Crippen molar-refractivity contribution in [3.8, 4) is 0 Å². The number of pyridine rings is 1. The first-order valence-electron chi connectivity index (χ1n) is 13.3. The van der Waals surface area contributed by atoms with Gasteiger partial charge in [0, 0.05) is 18.0 Å². The number of amides is 1. The van der Waals surface area contributed by atoms with Gasteiger partial charge in [-0.05, 0) is 85.3 Å². The molecule has 0 saturated heterocycles. The minimum Gasteiger partial charge on any atom is -0.444 e. The molecule has 2 aliphatic rings. The molecule has 2 aromatic rings. The molecule has 198 valence electrons. The molecule has 2 fully saturated rings. The van der Waals surface area contributed by atoms with E-state index in [4.69, 9.17) is 19.6 Å². The lowest BCUT2D eigenvalue weighted by molar-refractivity contribution is -0.0302. The first-order valence-corrected chi connectivity index (χ1v) is 13.3. The highest BCUT2D eigenvalue weighted by molar-refractivity contribution is 5.68. The Morgan fingerprint density at radius 1 is 1.11 bits per heavy atom. The molecule has 0 unspecified atom stereocenters. The summed E-state index contributed by atoms with van der Waals surface area (Å²) in [5, 5.41) is 11.4. The van der Waals surface area contributed by atoms with Gasteiger partial charge in [0.1, 0.15) is 17.2 Å². The Morgan fingerprint density at radius 2 is 1.86 bits per heavy atom. The largest absolute Gasteiger partial charge is 0.444 e. The van der Waals surface area contributed by atoms with Gasteiger partial charge in [-0.25, -0.2) is 14.5 Å². The van der Waals surface area contributed by atoms with Gasteiger partial charge >= 0.3 is 6.09 Å². The average molecular weight is 498 g/mol. The SMILES string of the molecule is C[C@H]1CC[C@H](c2cc(Nc3cccc(COC4CC(NC(=O)OC(C)(C)C)C4)n3)n(C(C)(C)C)n2)C1. The van der Waals surface area contributed by atoms with E-state index in [1.807, 2.05) is 39.0 Å². The number of ether oxygens (including phenoxy) is 2. The Kier molecular flexibility index (Phi) is 7.64. The van der Waals surface area contributed by atoms with Crippen LogP contribution in [-0.4, -0.2) is 38.6 Å². The fourth-order valence-electron chi connectivity index (χ4n) is 4.93. The standard InChI is InChI=1S/C28H43N5O3/c1-18-11-12-19(13-18)23-16-25(33(32-23)27(2,3)4)31-24-10-8-9-20(29-24)17-35-22-14-21(15-22)30-26(34)36-28(5,6)7/h8-10,16,18-19,21-22H,11-15,17H2,1-7H3,(H,29,31)(H,30,34)/t18-,19-,21?,22?/m0/s1. The van der Waals surface area contributed by atoms with E-state index in [2.05, 4.69) is 49.1 Å². The van der Waals surface area contributed by atoms with E-state index in [0.717, 1.165) is 36.1 Å².